The number of H-pyrrole nitrogens is 1. The predicted octanol–water partition coefficient (Wildman–Crippen LogP) is 0.710. The molecule has 0 bridgehead atoms. The van der Waals surface area contributed by atoms with E-state index in [1.807, 2.05) is 30.3 Å². The van der Waals surface area contributed by atoms with Crippen LogP contribution < -0.4 is 4.72 Å². The van der Waals surface area contributed by atoms with Crippen LogP contribution >= 0.6 is 0 Å². The minimum Gasteiger partial charge on any atom is -0.330 e. The van der Waals surface area contributed by atoms with Crippen molar-refractivity contribution in [1.29, 1.82) is 0 Å². The molecule has 2 aromatic heterocycles. The highest BCUT2D eigenvalue weighted by molar-refractivity contribution is 7.88. The third kappa shape index (κ3) is 4.05. The highest BCUT2D eigenvalue weighted by Crippen LogP contribution is 2.32. The molecule has 29 heavy (non-hydrogen) atoms. The number of imidazole rings is 1. The lowest BCUT2D eigenvalue weighted by Gasteiger charge is -2.22. The molecule has 1 amide bonds. The van der Waals surface area contributed by atoms with Gasteiger partial charge in [-0.2, -0.15) is 5.10 Å². The highest BCUT2D eigenvalue weighted by atomic mass is 32.2. The van der Waals surface area contributed by atoms with Gasteiger partial charge < -0.3 is 9.47 Å². The lowest BCUT2D eigenvalue weighted by atomic mass is 10.1. The van der Waals surface area contributed by atoms with Crippen molar-refractivity contribution in [2.75, 3.05) is 12.8 Å². The molecule has 2 N–H and O–H groups in total. The van der Waals surface area contributed by atoms with Gasteiger partial charge in [-0.25, -0.2) is 23.1 Å². The first-order valence-electron chi connectivity index (χ1n) is 9.04. The van der Waals surface area contributed by atoms with Crippen molar-refractivity contribution in [3.05, 3.63) is 54.4 Å². The smallest absolute Gasteiger partial charge is 0.272 e. The van der Waals surface area contributed by atoms with Crippen LogP contribution in [0.25, 0.3) is 11.4 Å². The number of rotatable bonds is 5. The van der Waals surface area contributed by atoms with Crippen molar-refractivity contribution >= 4 is 15.9 Å². The van der Waals surface area contributed by atoms with Crippen molar-refractivity contribution in [1.82, 2.24) is 34.4 Å². The van der Waals surface area contributed by atoms with E-state index in [-0.39, 0.29) is 12.5 Å². The molecule has 0 radical (unpaired) electrons. The Bertz CT molecular complexity index is 1120. The first kappa shape index (κ1) is 19.3. The summed E-state index contributed by atoms with van der Waals surface area (Å²) in [5, 5.41) is 7.19. The number of carbonyl (C=O) groups excluding carboxylic acids is 1. The fourth-order valence-electron chi connectivity index (χ4n) is 3.56. The lowest BCUT2D eigenvalue weighted by Crippen LogP contribution is -2.38. The predicted molar refractivity (Wildman–Crippen MR) is 105 cm³/mol. The molecule has 4 rings (SSSR count). The number of carbonyl (C=O) groups is 1. The van der Waals surface area contributed by atoms with E-state index in [1.54, 1.807) is 22.8 Å². The largest absolute Gasteiger partial charge is 0.330 e. The summed E-state index contributed by atoms with van der Waals surface area (Å²) in [6, 6.07) is 8.63. The van der Waals surface area contributed by atoms with Crippen LogP contribution in [0.4, 0.5) is 0 Å². The Kier molecular flexibility index (Phi) is 4.92. The molecule has 0 spiro atoms. The zero-order valence-electron chi connectivity index (χ0n) is 16.0. The van der Waals surface area contributed by atoms with Gasteiger partial charge in [0.2, 0.25) is 10.0 Å². The zero-order valence-corrected chi connectivity index (χ0v) is 16.8. The molecular formula is C18H21N7O3S. The lowest BCUT2D eigenvalue weighted by molar-refractivity contribution is 0.0718. The summed E-state index contributed by atoms with van der Waals surface area (Å²) in [5.74, 6) is 0.788. The number of amides is 1. The van der Waals surface area contributed by atoms with E-state index in [4.69, 9.17) is 0 Å². The van der Waals surface area contributed by atoms with Crippen LogP contribution in [0.5, 0.6) is 0 Å². The number of nitrogens with zero attached hydrogens (tertiary/aromatic N) is 5. The summed E-state index contributed by atoms with van der Waals surface area (Å²) in [5.41, 5.74) is 1.26. The molecule has 10 nitrogen and oxygen atoms in total. The molecule has 1 aliphatic rings. The van der Waals surface area contributed by atoms with E-state index in [9.17, 15) is 13.2 Å². The standard InChI is InChI=1S/C18H21N7O3S/c1-24-11-19-9-15(24)18(26)25-10-13(23-29(2,27)28)8-14(25)17-20-16(21-22-17)12-6-4-3-5-7-12/h3-7,9,11,13-14,23H,8,10H2,1-2H3,(H,20,21,22)/t13-,14-/m0/s1. The van der Waals surface area contributed by atoms with Crippen LogP contribution in [-0.4, -0.2) is 62.8 Å². The topological polar surface area (TPSA) is 126 Å². The SMILES string of the molecule is Cn1cncc1C(=O)N1C[C@@H](NS(C)(=O)=O)C[C@H]1c1nc(-c2ccccc2)n[nH]1. The molecule has 1 saturated heterocycles. The molecule has 0 aliphatic carbocycles. The quantitative estimate of drug-likeness (QED) is 0.632. The van der Waals surface area contributed by atoms with E-state index in [2.05, 4.69) is 24.9 Å². The van der Waals surface area contributed by atoms with Gasteiger partial charge in [0, 0.05) is 25.2 Å². The van der Waals surface area contributed by atoms with Gasteiger partial charge in [0.05, 0.1) is 24.8 Å². The Morgan fingerprint density at radius 1 is 1.28 bits per heavy atom. The number of likely N-dealkylation sites (tertiary alicyclic amines) is 1. The first-order chi connectivity index (χ1) is 13.8. The Balaban J connectivity index is 1.66. The van der Waals surface area contributed by atoms with Crippen molar-refractivity contribution in [2.24, 2.45) is 7.05 Å². The Labute approximate surface area is 168 Å². The molecule has 2 atom stereocenters. The number of nitrogens with one attached hydrogen (secondary N) is 2. The van der Waals surface area contributed by atoms with Crippen LogP contribution in [0.1, 0.15) is 28.8 Å². The highest BCUT2D eigenvalue weighted by Gasteiger charge is 2.40. The van der Waals surface area contributed by atoms with Gasteiger partial charge >= 0.3 is 0 Å². The zero-order chi connectivity index (χ0) is 20.6. The van der Waals surface area contributed by atoms with Gasteiger partial charge in [-0.05, 0) is 6.42 Å². The summed E-state index contributed by atoms with van der Waals surface area (Å²) >= 11 is 0. The number of benzene rings is 1. The second-order valence-corrected chi connectivity index (χ2v) is 8.88. The number of aromatic amines is 1. The molecule has 1 fully saturated rings. The average Bonchev–Trinajstić information content (AvgIpc) is 3.40. The molecule has 0 unspecified atom stereocenters. The normalized spacial score (nSPS) is 19.6. The van der Waals surface area contributed by atoms with Crippen LogP contribution in [0, 0.1) is 0 Å². The molecule has 3 heterocycles. The monoisotopic (exact) mass is 415 g/mol. The van der Waals surface area contributed by atoms with Crippen molar-refractivity contribution in [3.63, 3.8) is 0 Å². The van der Waals surface area contributed by atoms with Gasteiger partial charge in [-0.1, -0.05) is 30.3 Å². The summed E-state index contributed by atoms with van der Waals surface area (Å²) in [6.45, 7) is 0.225. The molecular weight excluding hydrogens is 394 g/mol. The third-order valence-electron chi connectivity index (χ3n) is 4.83. The summed E-state index contributed by atoms with van der Waals surface area (Å²) in [6.07, 6.45) is 4.54. The summed E-state index contributed by atoms with van der Waals surface area (Å²) in [7, 11) is -1.68. The van der Waals surface area contributed by atoms with E-state index in [1.165, 1.54) is 6.20 Å². The molecule has 3 aromatic rings. The van der Waals surface area contributed by atoms with Gasteiger partial charge in [-0.3, -0.25) is 9.89 Å². The van der Waals surface area contributed by atoms with Gasteiger partial charge in [0.25, 0.3) is 5.91 Å². The van der Waals surface area contributed by atoms with E-state index in [0.717, 1.165) is 11.8 Å². The summed E-state index contributed by atoms with van der Waals surface area (Å²) in [4.78, 5) is 23.3. The molecule has 0 saturated carbocycles. The van der Waals surface area contributed by atoms with Crippen molar-refractivity contribution in [3.8, 4) is 11.4 Å². The second kappa shape index (κ2) is 7.41. The van der Waals surface area contributed by atoms with E-state index in [0.29, 0.717) is 23.8 Å². The van der Waals surface area contributed by atoms with Crippen LogP contribution in [0.2, 0.25) is 0 Å². The molecule has 1 aromatic carbocycles. The fraction of sp³-hybridized carbons (Fsp3) is 0.333. The minimum absolute atomic E-state index is 0.225. The average molecular weight is 415 g/mol. The molecule has 152 valence electrons. The van der Waals surface area contributed by atoms with Gasteiger partial charge in [0.15, 0.2) is 5.82 Å². The van der Waals surface area contributed by atoms with Gasteiger partial charge in [-0.15, -0.1) is 0 Å². The Morgan fingerprint density at radius 3 is 2.69 bits per heavy atom. The third-order valence-corrected chi connectivity index (χ3v) is 5.59. The maximum atomic E-state index is 13.1. The number of sulfonamides is 1. The van der Waals surface area contributed by atoms with Crippen LogP contribution in [-0.2, 0) is 17.1 Å². The number of aromatic nitrogens is 5. The first-order valence-corrected chi connectivity index (χ1v) is 10.9. The minimum atomic E-state index is -3.41. The number of hydrogen-bond donors (Lipinski definition) is 2. The Hall–Kier alpha value is -3.05. The van der Waals surface area contributed by atoms with E-state index >= 15 is 0 Å². The molecule has 1 aliphatic heterocycles. The Morgan fingerprint density at radius 2 is 2.03 bits per heavy atom. The van der Waals surface area contributed by atoms with Gasteiger partial charge in [0.1, 0.15) is 11.5 Å². The van der Waals surface area contributed by atoms with Crippen LogP contribution in [0.15, 0.2) is 42.9 Å². The van der Waals surface area contributed by atoms with Crippen molar-refractivity contribution < 1.29 is 13.2 Å². The maximum absolute atomic E-state index is 13.1. The van der Waals surface area contributed by atoms with Crippen LogP contribution in [0.3, 0.4) is 0 Å². The van der Waals surface area contributed by atoms with E-state index < -0.39 is 22.1 Å². The number of hydrogen-bond acceptors (Lipinski definition) is 6. The van der Waals surface area contributed by atoms with Crippen molar-refractivity contribution in [2.45, 2.75) is 18.5 Å². The molecule has 11 heteroatoms. The summed E-state index contributed by atoms with van der Waals surface area (Å²) < 4.78 is 27.7. The fourth-order valence-corrected chi connectivity index (χ4v) is 4.33. The maximum Gasteiger partial charge on any atom is 0.272 e. The number of aryl methyl sites for hydroxylation is 1. The second-order valence-electron chi connectivity index (χ2n) is 7.10.